The van der Waals surface area contributed by atoms with Crippen LogP contribution in [-0.4, -0.2) is 48.8 Å². The number of nitrogens with zero attached hydrogens (tertiary/aromatic N) is 2. The molecular formula is C22H32N2O. The molecule has 3 nitrogen and oxygen atoms in total. The van der Waals surface area contributed by atoms with Crippen molar-refractivity contribution in [2.75, 3.05) is 37.6 Å². The molecule has 2 aromatic carbocycles. The smallest absolute Gasteiger partial charge is 0.0718 e. The van der Waals surface area contributed by atoms with Crippen molar-refractivity contribution < 1.29 is 5.11 Å². The van der Waals surface area contributed by atoms with E-state index in [0.717, 1.165) is 39.0 Å². The van der Waals surface area contributed by atoms with Gasteiger partial charge >= 0.3 is 0 Å². The maximum absolute atomic E-state index is 10.6. The molecule has 3 heteroatoms. The number of hydrogen-bond donors (Lipinski definition) is 1. The fourth-order valence-electron chi connectivity index (χ4n) is 3.09. The van der Waals surface area contributed by atoms with Gasteiger partial charge in [0.25, 0.3) is 0 Å². The summed E-state index contributed by atoms with van der Waals surface area (Å²) in [4.78, 5) is 4.74. The molecule has 0 bridgehead atoms. The van der Waals surface area contributed by atoms with Crippen molar-refractivity contribution in [3.8, 4) is 0 Å². The standard InChI is InChI=1S/C22H32N2O/c1-3-23(4-2)17-18-24(21-13-9-6-10-14-21)19-22(25)16-15-20-11-7-5-8-12-20/h5-14,22,25H,3-4,15-19H2,1-2H3. The molecule has 1 atom stereocenters. The molecule has 136 valence electrons. The zero-order chi connectivity index (χ0) is 17.9. The Morgan fingerprint density at radius 2 is 1.44 bits per heavy atom. The Labute approximate surface area is 152 Å². The molecule has 0 amide bonds. The van der Waals surface area contributed by atoms with Crippen LogP contribution in [0.3, 0.4) is 0 Å². The molecule has 0 aliphatic carbocycles. The van der Waals surface area contributed by atoms with E-state index in [1.54, 1.807) is 0 Å². The van der Waals surface area contributed by atoms with Crippen LogP contribution in [0.15, 0.2) is 60.7 Å². The summed E-state index contributed by atoms with van der Waals surface area (Å²) in [5, 5.41) is 10.6. The zero-order valence-corrected chi connectivity index (χ0v) is 15.6. The fraction of sp³-hybridized carbons (Fsp3) is 0.455. The summed E-state index contributed by atoms with van der Waals surface area (Å²) in [6, 6.07) is 20.8. The van der Waals surface area contributed by atoms with Crippen molar-refractivity contribution in [3.05, 3.63) is 66.2 Å². The van der Waals surface area contributed by atoms with Crippen molar-refractivity contribution in [2.24, 2.45) is 0 Å². The van der Waals surface area contributed by atoms with E-state index in [4.69, 9.17) is 0 Å². The first-order valence-corrected chi connectivity index (χ1v) is 9.47. The monoisotopic (exact) mass is 340 g/mol. The van der Waals surface area contributed by atoms with Crippen LogP contribution in [0.2, 0.25) is 0 Å². The van der Waals surface area contributed by atoms with Gasteiger partial charge < -0.3 is 14.9 Å². The largest absolute Gasteiger partial charge is 0.391 e. The molecule has 1 unspecified atom stereocenters. The van der Waals surface area contributed by atoms with E-state index in [2.05, 4.69) is 72.2 Å². The van der Waals surface area contributed by atoms with Crippen LogP contribution in [0, 0.1) is 0 Å². The van der Waals surface area contributed by atoms with Crippen LogP contribution in [0.25, 0.3) is 0 Å². The number of aliphatic hydroxyl groups excluding tert-OH is 1. The van der Waals surface area contributed by atoms with Crippen molar-refractivity contribution in [2.45, 2.75) is 32.8 Å². The van der Waals surface area contributed by atoms with E-state index in [-0.39, 0.29) is 6.10 Å². The van der Waals surface area contributed by atoms with E-state index in [9.17, 15) is 5.11 Å². The second-order valence-electron chi connectivity index (χ2n) is 6.49. The highest BCUT2D eigenvalue weighted by molar-refractivity contribution is 5.46. The number of aliphatic hydroxyl groups is 1. The van der Waals surface area contributed by atoms with Crippen LogP contribution in [0.1, 0.15) is 25.8 Å². The quantitative estimate of drug-likeness (QED) is 0.673. The lowest BCUT2D eigenvalue weighted by Crippen LogP contribution is -2.39. The first-order valence-electron chi connectivity index (χ1n) is 9.47. The minimum Gasteiger partial charge on any atom is -0.391 e. The number of benzene rings is 2. The Kier molecular flexibility index (Phi) is 8.50. The third-order valence-corrected chi connectivity index (χ3v) is 4.74. The van der Waals surface area contributed by atoms with Gasteiger partial charge in [-0.05, 0) is 43.6 Å². The molecule has 0 saturated carbocycles. The van der Waals surface area contributed by atoms with E-state index in [1.807, 2.05) is 12.1 Å². The SMILES string of the molecule is CCN(CC)CCN(CC(O)CCc1ccccc1)c1ccccc1. The first-order chi connectivity index (χ1) is 12.2. The van der Waals surface area contributed by atoms with E-state index >= 15 is 0 Å². The Balaban J connectivity index is 1.92. The van der Waals surface area contributed by atoms with Crippen molar-refractivity contribution in [1.29, 1.82) is 0 Å². The van der Waals surface area contributed by atoms with Crippen molar-refractivity contribution in [3.63, 3.8) is 0 Å². The summed E-state index contributed by atoms with van der Waals surface area (Å²) in [6.45, 7) is 9.17. The Morgan fingerprint density at radius 1 is 0.840 bits per heavy atom. The molecule has 0 spiro atoms. The topological polar surface area (TPSA) is 26.7 Å². The van der Waals surface area contributed by atoms with Crippen molar-refractivity contribution >= 4 is 5.69 Å². The minimum absolute atomic E-state index is 0.322. The molecule has 0 saturated heterocycles. The van der Waals surface area contributed by atoms with Gasteiger partial charge in [-0.25, -0.2) is 0 Å². The molecule has 0 heterocycles. The van der Waals surface area contributed by atoms with Crippen molar-refractivity contribution in [1.82, 2.24) is 4.90 Å². The second kappa shape index (κ2) is 10.9. The van der Waals surface area contributed by atoms with E-state index < -0.39 is 0 Å². The number of likely N-dealkylation sites (N-methyl/N-ethyl adjacent to an activating group) is 1. The number of rotatable bonds is 11. The van der Waals surface area contributed by atoms with Gasteiger partial charge in [0.1, 0.15) is 0 Å². The molecule has 0 aliphatic rings. The molecule has 0 aromatic heterocycles. The summed E-state index contributed by atoms with van der Waals surface area (Å²) in [7, 11) is 0. The number of hydrogen-bond acceptors (Lipinski definition) is 3. The molecule has 1 N–H and O–H groups in total. The summed E-state index contributed by atoms with van der Waals surface area (Å²) in [6.07, 6.45) is 1.39. The highest BCUT2D eigenvalue weighted by atomic mass is 16.3. The highest BCUT2D eigenvalue weighted by Gasteiger charge is 2.13. The number of anilines is 1. The molecule has 0 fully saturated rings. The van der Waals surface area contributed by atoms with Crippen LogP contribution < -0.4 is 4.90 Å². The molecule has 25 heavy (non-hydrogen) atoms. The maximum Gasteiger partial charge on any atom is 0.0718 e. The summed E-state index contributed by atoms with van der Waals surface area (Å²) in [5.41, 5.74) is 2.48. The number of para-hydroxylation sites is 1. The fourth-order valence-corrected chi connectivity index (χ4v) is 3.09. The third kappa shape index (κ3) is 6.89. The lowest BCUT2D eigenvalue weighted by atomic mass is 10.1. The van der Waals surface area contributed by atoms with Crippen LogP contribution in [0.5, 0.6) is 0 Å². The van der Waals surface area contributed by atoms with Gasteiger partial charge in [-0.1, -0.05) is 62.4 Å². The summed E-state index contributed by atoms with van der Waals surface area (Å²) >= 11 is 0. The maximum atomic E-state index is 10.6. The summed E-state index contributed by atoms with van der Waals surface area (Å²) < 4.78 is 0. The van der Waals surface area contributed by atoms with Gasteiger partial charge in [0, 0.05) is 25.3 Å². The normalized spacial score (nSPS) is 12.3. The van der Waals surface area contributed by atoms with Gasteiger partial charge in [0.2, 0.25) is 0 Å². The van der Waals surface area contributed by atoms with Gasteiger partial charge in [-0.2, -0.15) is 0 Å². The van der Waals surface area contributed by atoms with Crippen LogP contribution in [0.4, 0.5) is 5.69 Å². The van der Waals surface area contributed by atoms with E-state index in [0.29, 0.717) is 6.54 Å². The Morgan fingerprint density at radius 3 is 2.04 bits per heavy atom. The molecular weight excluding hydrogens is 308 g/mol. The van der Waals surface area contributed by atoms with Gasteiger partial charge in [-0.3, -0.25) is 0 Å². The molecule has 2 aromatic rings. The predicted molar refractivity (Wildman–Crippen MR) is 107 cm³/mol. The second-order valence-corrected chi connectivity index (χ2v) is 6.49. The molecule has 2 rings (SSSR count). The van der Waals surface area contributed by atoms with Gasteiger partial charge in [0.15, 0.2) is 0 Å². The zero-order valence-electron chi connectivity index (χ0n) is 15.6. The third-order valence-electron chi connectivity index (χ3n) is 4.74. The predicted octanol–water partition coefficient (Wildman–Crippen LogP) is 3.83. The molecule has 0 aliphatic heterocycles. The first kappa shape index (κ1) is 19.5. The summed E-state index contributed by atoms with van der Waals surface area (Å²) in [5.74, 6) is 0. The van der Waals surface area contributed by atoms with E-state index in [1.165, 1.54) is 11.3 Å². The van der Waals surface area contributed by atoms with Crippen LogP contribution in [-0.2, 0) is 6.42 Å². The number of aryl methyl sites for hydroxylation is 1. The van der Waals surface area contributed by atoms with Crippen LogP contribution >= 0.6 is 0 Å². The average Bonchev–Trinajstić information content (AvgIpc) is 2.67. The average molecular weight is 341 g/mol. The molecule has 0 radical (unpaired) electrons. The Bertz CT molecular complexity index is 569. The van der Waals surface area contributed by atoms with Gasteiger partial charge in [0.05, 0.1) is 6.10 Å². The van der Waals surface area contributed by atoms with Gasteiger partial charge in [-0.15, -0.1) is 0 Å². The lowest BCUT2D eigenvalue weighted by Gasteiger charge is -2.30. The lowest BCUT2D eigenvalue weighted by molar-refractivity contribution is 0.168. The minimum atomic E-state index is -0.322. The highest BCUT2D eigenvalue weighted by Crippen LogP contribution is 2.15. The Hall–Kier alpha value is -1.84.